The van der Waals surface area contributed by atoms with Gasteiger partial charge in [-0.3, -0.25) is 4.57 Å². The molecule has 0 heterocycles. The van der Waals surface area contributed by atoms with E-state index in [1.54, 1.807) is 0 Å². The van der Waals surface area contributed by atoms with Crippen molar-refractivity contribution in [3.05, 3.63) is 0 Å². The molecule has 0 aliphatic heterocycles. The van der Waals surface area contributed by atoms with E-state index in [4.69, 9.17) is 15.5 Å². The van der Waals surface area contributed by atoms with Crippen molar-refractivity contribution >= 4 is 7.60 Å². The average Bonchev–Trinajstić information content (AvgIpc) is 2.14. The molecule has 0 radical (unpaired) electrons. The number of hydrogen-bond acceptors (Lipinski definition) is 2. The van der Waals surface area contributed by atoms with Crippen LogP contribution in [0.15, 0.2) is 0 Å². The van der Waals surface area contributed by atoms with Crippen LogP contribution in [0.3, 0.4) is 0 Å². The molecule has 1 atom stereocenters. The van der Waals surface area contributed by atoms with Gasteiger partial charge >= 0.3 is 7.60 Å². The third-order valence-electron chi connectivity index (χ3n) is 3.09. The minimum absolute atomic E-state index is 0.0103. The summed E-state index contributed by atoms with van der Waals surface area (Å²) in [6.45, 7) is 0.399. The Morgan fingerprint density at radius 3 is 2.29 bits per heavy atom. The standard InChI is InChI=1S/C9H20NO3P/c10-6-9(7-14(11,12)13)8-4-2-1-3-5-8/h8-9H,1-7,10H2,(H2,11,12,13). The lowest BCUT2D eigenvalue weighted by atomic mass is 9.81. The van der Waals surface area contributed by atoms with Gasteiger partial charge in [-0.05, 0) is 18.4 Å². The second kappa shape index (κ2) is 5.26. The Balaban J connectivity index is 2.47. The van der Waals surface area contributed by atoms with Gasteiger partial charge in [0.05, 0.1) is 6.16 Å². The van der Waals surface area contributed by atoms with Crippen molar-refractivity contribution in [2.75, 3.05) is 12.7 Å². The van der Waals surface area contributed by atoms with Crippen LogP contribution in [0.25, 0.3) is 0 Å². The smallest absolute Gasteiger partial charge is 0.325 e. The number of hydrogen-bond donors (Lipinski definition) is 3. The molecule has 1 unspecified atom stereocenters. The highest BCUT2D eigenvalue weighted by Gasteiger charge is 2.28. The molecule has 1 aliphatic rings. The van der Waals surface area contributed by atoms with Gasteiger partial charge in [0.2, 0.25) is 0 Å². The summed E-state index contributed by atoms with van der Waals surface area (Å²) in [5, 5.41) is 0. The molecule has 4 N–H and O–H groups in total. The maximum Gasteiger partial charge on any atom is 0.325 e. The fraction of sp³-hybridized carbons (Fsp3) is 1.00. The molecule has 0 spiro atoms. The van der Waals surface area contributed by atoms with Crippen LogP contribution < -0.4 is 5.73 Å². The van der Waals surface area contributed by atoms with Gasteiger partial charge in [0.1, 0.15) is 0 Å². The summed E-state index contributed by atoms with van der Waals surface area (Å²) in [5.74, 6) is 0.442. The molecule has 0 amide bonds. The zero-order valence-electron chi connectivity index (χ0n) is 8.43. The molecule has 0 aromatic rings. The topological polar surface area (TPSA) is 83.6 Å². The van der Waals surface area contributed by atoms with Crippen molar-refractivity contribution in [2.45, 2.75) is 32.1 Å². The van der Waals surface area contributed by atoms with E-state index in [0.717, 1.165) is 12.8 Å². The van der Waals surface area contributed by atoms with Gasteiger partial charge in [-0.15, -0.1) is 0 Å². The summed E-state index contributed by atoms with van der Waals surface area (Å²) in [6.07, 6.45) is 5.76. The van der Waals surface area contributed by atoms with E-state index in [2.05, 4.69) is 0 Å². The highest BCUT2D eigenvalue weighted by atomic mass is 31.2. The molecule has 1 rings (SSSR count). The second-order valence-electron chi connectivity index (χ2n) is 4.24. The monoisotopic (exact) mass is 221 g/mol. The summed E-state index contributed by atoms with van der Waals surface area (Å²) in [4.78, 5) is 17.8. The fourth-order valence-corrected chi connectivity index (χ4v) is 3.39. The lowest BCUT2D eigenvalue weighted by Crippen LogP contribution is -2.28. The highest BCUT2D eigenvalue weighted by molar-refractivity contribution is 7.51. The Labute approximate surface area is 85.0 Å². The van der Waals surface area contributed by atoms with E-state index in [0.29, 0.717) is 12.5 Å². The van der Waals surface area contributed by atoms with Crippen LogP contribution in [-0.2, 0) is 4.57 Å². The Kier molecular flexibility index (Phi) is 4.58. The molecule has 4 nitrogen and oxygen atoms in total. The minimum Gasteiger partial charge on any atom is -0.330 e. The van der Waals surface area contributed by atoms with E-state index in [-0.39, 0.29) is 12.1 Å². The molecular weight excluding hydrogens is 201 g/mol. The van der Waals surface area contributed by atoms with Gasteiger partial charge in [0, 0.05) is 0 Å². The lowest BCUT2D eigenvalue weighted by molar-refractivity contribution is 0.258. The van der Waals surface area contributed by atoms with Gasteiger partial charge in [-0.25, -0.2) is 0 Å². The molecule has 0 aromatic heterocycles. The second-order valence-corrected chi connectivity index (χ2v) is 5.94. The summed E-state index contributed by atoms with van der Waals surface area (Å²) in [6, 6.07) is 0. The number of nitrogens with two attached hydrogens (primary N) is 1. The molecule has 1 aliphatic carbocycles. The Hall–Kier alpha value is 0.110. The summed E-state index contributed by atoms with van der Waals surface area (Å²) in [7, 11) is -3.89. The van der Waals surface area contributed by atoms with Crippen LogP contribution in [0.5, 0.6) is 0 Å². The van der Waals surface area contributed by atoms with Crippen LogP contribution in [0.2, 0.25) is 0 Å². The normalized spacial score (nSPS) is 22.2. The van der Waals surface area contributed by atoms with E-state index in [1.807, 2.05) is 0 Å². The van der Waals surface area contributed by atoms with E-state index >= 15 is 0 Å². The third-order valence-corrected chi connectivity index (χ3v) is 4.04. The Bertz CT molecular complexity index is 210. The van der Waals surface area contributed by atoms with Crippen LogP contribution in [-0.4, -0.2) is 22.5 Å². The molecule has 0 bridgehead atoms. The summed E-state index contributed by atoms with van der Waals surface area (Å²) < 4.78 is 10.9. The molecule has 84 valence electrons. The highest BCUT2D eigenvalue weighted by Crippen LogP contribution is 2.41. The lowest BCUT2D eigenvalue weighted by Gasteiger charge is -2.29. The van der Waals surface area contributed by atoms with Gasteiger partial charge in [0.25, 0.3) is 0 Å². The van der Waals surface area contributed by atoms with E-state index in [9.17, 15) is 4.57 Å². The zero-order valence-corrected chi connectivity index (χ0v) is 9.33. The van der Waals surface area contributed by atoms with Crippen LogP contribution in [0.4, 0.5) is 0 Å². The van der Waals surface area contributed by atoms with Crippen LogP contribution in [0, 0.1) is 11.8 Å². The van der Waals surface area contributed by atoms with Gasteiger partial charge in [0.15, 0.2) is 0 Å². The molecule has 0 saturated heterocycles. The Morgan fingerprint density at radius 2 is 1.86 bits per heavy atom. The van der Waals surface area contributed by atoms with Crippen LogP contribution >= 0.6 is 7.60 Å². The molecule has 1 saturated carbocycles. The van der Waals surface area contributed by atoms with Crippen molar-refractivity contribution in [1.82, 2.24) is 0 Å². The number of rotatable bonds is 4. The quantitative estimate of drug-likeness (QED) is 0.625. The van der Waals surface area contributed by atoms with E-state index in [1.165, 1.54) is 19.3 Å². The first-order chi connectivity index (χ1) is 6.53. The summed E-state index contributed by atoms with van der Waals surface area (Å²) in [5.41, 5.74) is 5.57. The molecular formula is C9H20NO3P. The summed E-state index contributed by atoms with van der Waals surface area (Å²) >= 11 is 0. The first-order valence-electron chi connectivity index (χ1n) is 5.27. The molecule has 14 heavy (non-hydrogen) atoms. The van der Waals surface area contributed by atoms with Crippen molar-refractivity contribution in [3.8, 4) is 0 Å². The third kappa shape index (κ3) is 4.09. The van der Waals surface area contributed by atoms with Crippen molar-refractivity contribution in [3.63, 3.8) is 0 Å². The maximum atomic E-state index is 10.9. The van der Waals surface area contributed by atoms with Gasteiger partial charge < -0.3 is 15.5 Å². The average molecular weight is 221 g/mol. The fourth-order valence-electron chi connectivity index (χ4n) is 2.33. The zero-order chi connectivity index (χ0) is 10.6. The van der Waals surface area contributed by atoms with Gasteiger partial charge in [-0.2, -0.15) is 0 Å². The maximum absolute atomic E-state index is 10.9. The first-order valence-corrected chi connectivity index (χ1v) is 7.07. The molecule has 0 aromatic carbocycles. The SMILES string of the molecule is NCC(CP(=O)(O)O)C1CCCCC1. The van der Waals surface area contributed by atoms with Crippen molar-refractivity contribution in [2.24, 2.45) is 17.6 Å². The van der Waals surface area contributed by atoms with Gasteiger partial charge in [-0.1, -0.05) is 32.1 Å². The van der Waals surface area contributed by atoms with Crippen LogP contribution in [0.1, 0.15) is 32.1 Å². The largest absolute Gasteiger partial charge is 0.330 e. The van der Waals surface area contributed by atoms with Crippen molar-refractivity contribution in [1.29, 1.82) is 0 Å². The first kappa shape index (κ1) is 12.2. The molecule has 5 heteroatoms. The predicted octanol–water partition coefficient (Wildman–Crippen LogP) is 1.32. The van der Waals surface area contributed by atoms with Crippen molar-refractivity contribution < 1.29 is 14.4 Å². The minimum atomic E-state index is -3.89. The Morgan fingerprint density at radius 1 is 1.29 bits per heavy atom. The molecule has 1 fully saturated rings. The predicted molar refractivity (Wildman–Crippen MR) is 56.0 cm³/mol. The van der Waals surface area contributed by atoms with E-state index < -0.39 is 7.60 Å².